The maximum Gasteiger partial charge on any atom is 0.273 e. The maximum absolute atomic E-state index is 12.6. The van der Waals surface area contributed by atoms with E-state index in [-0.39, 0.29) is 17.9 Å². The van der Waals surface area contributed by atoms with E-state index >= 15 is 0 Å². The summed E-state index contributed by atoms with van der Waals surface area (Å²) in [4.78, 5) is 37.0. The summed E-state index contributed by atoms with van der Waals surface area (Å²) in [5.41, 5.74) is 2.14. The van der Waals surface area contributed by atoms with Gasteiger partial charge in [-0.3, -0.25) is 9.59 Å². The molecule has 2 fully saturated rings. The van der Waals surface area contributed by atoms with Crippen LogP contribution < -0.4 is 0 Å². The third kappa shape index (κ3) is 4.18. The third-order valence-electron chi connectivity index (χ3n) is 5.17. The highest BCUT2D eigenvalue weighted by molar-refractivity contribution is 7.07. The Balaban J connectivity index is 1.38. The fourth-order valence-electron chi connectivity index (χ4n) is 3.56. The minimum Gasteiger partial charge on any atom is -0.339 e. The Hall–Kier alpha value is -2.29. The number of piperidine rings is 1. The highest BCUT2D eigenvalue weighted by Crippen LogP contribution is 2.38. The van der Waals surface area contributed by atoms with E-state index in [1.807, 2.05) is 4.90 Å². The molecule has 1 atom stereocenters. The molecule has 1 saturated heterocycles. The number of rotatable bonds is 6. The number of carbonyl (C=O) groups is 2. The lowest BCUT2D eigenvalue weighted by molar-refractivity contribution is -0.132. The Morgan fingerprint density at radius 3 is 2.93 bits per heavy atom. The van der Waals surface area contributed by atoms with Crippen LogP contribution in [0.1, 0.15) is 60.7 Å². The topological polar surface area (TPSA) is 92.4 Å². The molecule has 0 spiro atoms. The van der Waals surface area contributed by atoms with Crippen LogP contribution in [-0.4, -0.2) is 62.4 Å². The van der Waals surface area contributed by atoms with Gasteiger partial charge in [-0.2, -0.15) is 4.98 Å². The molecule has 3 heterocycles. The number of hydrogen-bond donors (Lipinski definition) is 0. The molecule has 9 heteroatoms. The molecule has 2 aromatic heterocycles. The Bertz CT molecular complexity index is 802. The van der Waals surface area contributed by atoms with Crippen molar-refractivity contribution in [3.8, 4) is 0 Å². The quantitative estimate of drug-likeness (QED) is 0.751. The maximum atomic E-state index is 12.6. The van der Waals surface area contributed by atoms with Gasteiger partial charge in [0, 0.05) is 50.3 Å². The monoisotopic (exact) mass is 389 g/mol. The number of hydrogen-bond acceptors (Lipinski definition) is 7. The van der Waals surface area contributed by atoms with Crippen LogP contribution in [0, 0.1) is 0 Å². The smallest absolute Gasteiger partial charge is 0.273 e. The van der Waals surface area contributed by atoms with Gasteiger partial charge in [0.25, 0.3) is 5.91 Å². The van der Waals surface area contributed by atoms with E-state index in [4.69, 9.17) is 4.52 Å². The van der Waals surface area contributed by atoms with Crippen molar-refractivity contribution in [1.29, 1.82) is 0 Å². The van der Waals surface area contributed by atoms with Crippen LogP contribution in [0.25, 0.3) is 0 Å². The first-order valence-corrected chi connectivity index (χ1v) is 10.3. The van der Waals surface area contributed by atoms with E-state index in [2.05, 4.69) is 15.1 Å². The lowest BCUT2D eigenvalue weighted by Gasteiger charge is -2.38. The first-order chi connectivity index (χ1) is 13.1. The van der Waals surface area contributed by atoms with E-state index in [0.29, 0.717) is 43.5 Å². The molecule has 8 nitrogen and oxygen atoms in total. The summed E-state index contributed by atoms with van der Waals surface area (Å²) in [7, 11) is 0. The minimum atomic E-state index is -0.0586. The zero-order valence-electron chi connectivity index (χ0n) is 15.3. The zero-order chi connectivity index (χ0) is 18.8. The molecule has 144 valence electrons. The van der Waals surface area contributed by atoms with Gasteiger partial charge in [-0.15, -0.1) is 11.3 Å². The normalized spacial score (nSPS) is 19.9. The average molecular weight is 389 g/mol. The standard InChI is InChI=1S/C18H23N5O3S/c1-12(24)23(8-6-16-20-17(26-21-16)13-4-5-13)14-3-2-7-22(9-14)18(25)15-10-27-11-19-15/h10-11,13-14H,2-9H2,1H3. The Labute approximate surface area is 161 Å². The molecule has 0 radical (unpaired) electrons. The molecule has 2 amide bonds. The predicted octanol–water partition coefficient (Wildman–Crippen LogP) is 2.10. The minimum absolute atomic E-state index is 0.00800. The lowest BCUT2D eigenvalue weighted by atomic mass is 10.0. The van der Waals surface area contributed by atoms with Crippen LogP contribution in [0.2, 0.25) is 0 Å². The molecule has 1 unspecified atom stereocenters. The van der Waals surface area contributed by atoms with E-state index in [0.717, 1.165) is 31.6 Å². The van der Waals surface area contributed by atoms with Gasteiger partial charge in [-0.25, -0.2) is 4.98 Å². The molecule has 0 bridgehead atoms. The number of aromatic nitrogens is 3. The molecule has 4 rings (SSSR count). The second-order valence-electron chi connectivity index (χ2n) is 7.21. The van der Waals surface area contributed by atoms with Gasteiger partial charge in [-0.1, -0.05) is 5.16 Å². The van der Waals surface area contributed by atoms with Gasteiger partial charge in [0.1, 0.15) is 5.69 Å². The molecule has 1 aliphatic carbocycles. The van der Waals surface area contributed by atoms with Gasteiger partial charge in [0.15, 0.2) is 5.82 Å². The molecule has 0 N–H and O–H groups in total. The Morgan fingerprint density at radius 2 is 2.22 bits per heavy atom. The van der Waals surface area contributed by atoms with Gasteiger partial charge in [0.05, 0.1) is 5.51 Å². The van der Waals surface area contributed by atoms with Crippen LogP contribution >= 0.6 is 11.3 Å². The molecule has 1 aliphatic heterocycles. The SMILES string of the molecule is CC(=O)N(CCc1noc(C2CC2)n1)C1CCCN(C(=O)c2cscn2)C1. The zero-order valence-corrected chi connectivity index (χ0v) is 16.2. The van der Waals surface area contributed by atoms with E-state index in [1.54, 1.807) is 22.7 Å². The molecular weight excluding hydrogens is 366 g/mol. The molecule has 27 heavy (non-hydrogen) atoms. The number of carbonyl (C=O) groups excluding carboxylic acids is 2. The van der Waals surface area contributed by atoms with Crippen molar-refractivity contribution in [3.63, 3.8) is 0 Å². The summed E-state index contributed by atoms with van der Waals surface area (Å²) >= 11 is 1.41. The fourth-order valence-corrected chi connectivity index (χ4v) is 4.08. The highest BCUT2D eigenvalue weighted by Gasteiger charge is 2.32. The van der Waals surface area contributed by atoms with Crippen LogP contribution in [0.3, 0.4) is 0 Å². The second kappa shape index (κ2) is 7.75. The van der Waals surface area contributed by atoms with Gasteiger partial charge >= 0.3 is 0 Å². The largest absolute Gasteiger partial charge is 0.339 e. The number of nitrogens with zero attached hydrogens (tertiary/aromatic N) is 5. The van der Waals surface area contributed by atoms with E-state index in [9.17, 15) is 9.59 Å². The van der Waals surface area contributed by atoms with Crippen molar-refractivity contribution in [2.24, 2.45) is 0 Å². The average Bonchev–Trinajstić information content (AvgIpc) is 3.18. The highest BCUT2D eigenvalue weighted by atomic mass is 32.1. The van der Waals surface area contributed by atoms with Crippen molar-refractivity contribution in [2.75, 3.05) is 19.6 Å². The van der Waals surface area contributed by atoms with E-state index in [1.165, 1.54) is 11.3 Å². The van der Waals surface area contributed by atoms with Crippen LogP contribution in [0.5, 0.6) is 0 Å². The molecular formula is C18H23N5O3S. The van der Waals surface area contributed by atoms with Crippen LogP contribution in [0.15, 0.2) is 15.4 Å². The Kier molecular flexibility index (Phi) is 5.20. The fraction of sp³-hybridized carbons (Fsp3) is 0.611. The summed E-state index contributed by atoms with van der Waals surface area (Å²) in [5.74, 6) is 1.75. The Morgan fingerprint density at radius 1 is 1.37 bits per heavy atom. The molecule has 1 saturated carbocycles. The van der Waals surface area contributed by atoms with Gasteiger partial charge in [-0.05, 0) is 25.7 Å². The van der Waals surface area contributed by atoms with Crippen molar-refractivity contribution in [2.45, 2.75) is 51.0 Å². The molecule has 0 aromatic carbocycles. The van der Waals surface area contributed by atoms with Crippen molar-refractivity contribution >= 4 is 23.2 Å². The second-order valence-corrected chi connectivity index (χ2v) is 7.93. The predicted molar refractivity (Wildman–Crippen MR) is 98.4 cm³/mol. The number of likely N-dealkylation sites (tertiary alicyclic amines) is 1. The third-order valence-corrected chi connectivity index (χ3v) is 5.75. The summed E-state index contributed by atoms with van der Waals surface area (Å²) in [6.45, 7) is 3.35. The van der Waals surface area contributed by atoms with Crippen LogP contribution in [-0.2, 0) is 11.2 Å². The van der Waals surface area contributed by atoms with Crippen LogP contribution in [0.4, 0.5) is 0 Å². The first-order valence-electron chi connectivity index (χ1n) is 9.39. The van der Waals surface area contributed by atoms with E-state index < -0.39 is 0 Å². The van der Waals surface area contributed by atoms with Crippen molar-refractivity contribution in [1.82, 2.24) is 24.9 Å². The van der Waals surface area contributed by atoms with Crippen molar-refractivity contribution < 1.29 is 14.1 Å². The molecule has 2 aromatic rings. The van der Waals surface area contributed by atoms with Crippen molar-refractivity contribution in [3.05, 3.63) is 28.3 Å². The summed E-state index contributed by atoms with van der Waals surface area (Å²) in [5, 5.41) is 5.80. The van der Waals surface area contributed by atoms with Gasteiger partial charge < -0.3 is 14.3 Å². The first kappa shape index (κ1) is 18.1. The number of amides is 2. The molecule has 2 aliphatic rings. The lowest BCUT2D eigenvalue weighted by Crippen LogP contribution is -2.51. The summed E-state index contributed by atoms with van der Waals surface area (Å²) in [6.07, 6.45) is 4.56. The summed E-state index contributed by atoms with van der Waals surface area (Å²) in [6, 6.07) is 0.00800. The summed E-state index contributed by atoms with van der Waals surface area (Å²) < 4.78 is 5.29. The number of thiazole rings is 1. The van der Waals surface area contributed by atoms with Gasteiger partial charge in [0.2, 0.25) is 11.8 Å².